The molecule has 2 aromatic rings. The van der Waals surface area contributed by atoms with Gasteiger partial charge < -0.3 is 5.73 Å². The van der Waals surface area contributed by atoms with Crippen LogP contribution in [0, 0.1) is 5.82 Å². The first-order chi connectivity index (χ1) is 9.08. The summed E-state index contributed by atoms with van der Waals surface area (Å²) in [6.45, 7) is 0. The van der Waals surface area contributed by atoms with Crippen molar-refractivity contribution >= 4 is 11.6 Å². The van der Waals surface area contributed by atoms with E-state index in [-0.39, 0.29) is 16.4 Å². The molecule has 2 N–H and O–H groups in total. The smallest absolute Gasteiger partial charge is 0.141 e. The van der Waals surface area contributed by atoms with Crippen molar-refractivity contribution < 1.29 is 4.39 Å². The summed E-state index contributed by atoms with van der Waals surface area (Å²) in [6, 6.07) is 13.1. The second-order valence-electron chi connectivity index (χ2n) is 5.24. The van der Waals surface area contributed by atoms with E-state index in [0.717, 1.165) is 18.4 Å². The second kappa shape index (κ2) is 4.62. The van der Waals surface area contributed by atoms with Crippen LogP contribution >= 0.6 is 11.6 Å². The van der Waals surface area contributed by atoms with E-state index in [0.29, 0.717) is 6.42 Å². The molecule has 1 unspecified atom stereocenters. The molecule has 0 saturated heterocycles. The Labute approximate surface area is 117 Å². The highest BCUT2D eigenvalue weighted by atomic mass is 35.5. The SMILES string of the molecule is NC1(Cc2ccc(F)c(Cl)c2)CCc2ccccc21. The van der Waals surface area contributed by atoms with E-state index in [1.165, 1.54) is 17.2 Å². The zero-order valence-electron chi connectivity index (χ0n) is 10.5. The van der Waals surface area contributed by atoms with Crippen molar-refractivity contribution in [1.29, 1.82) is 0 Å². The first-order valence-corrected chi connectivity index (χ1v) is 6.77. The lowest BCUT2D eigenvalue weighted by Gasteiger charge is -2.25. The van der Waals surface area contributed by atoms with Gasteiger partial charge in [-0.1, -0.05) is 41.9 Å². The van der Waals surface area contributed by atoms with E-state index in [4.69, 9.17) is 17.3 Å². The predicted octanol–water partition coefficient (Wildman–Crippen LogP) is 3.82. The standard InChI is InChI=1S/C16H15ClFN/c17-14-9-11(5-6-15(14)18)10-16(19)8-7-12-3-1-2-4-13(12)16/h1-6,9H,7-8,10,19H2. The molecule has 0 heterocycles. The monoisotopic (exact) mass is 275 g/mol. The van der Waals surface area contributed by atoms with E-state index in [1.54, 1.807) is 12.1 Å². The normalized spacial score (nSPS) is 21.4. The van der Waals surface area contributed by atoms with Gasteiger partial charge in [0, 0.05) is 5.54 Å². The molecule has 0 aliphatic heterocycles. The lowest BCUT2D eigenvalue weighted by molar-refractivity contribution is 0.438. The molecular formula is C16H15ClFN. The Morgan fingerprint density at radius 2 is 2.00 bits per heavy atom. The minimum Gasteiger partial charge on any atom is -0.321 e. The van der Waals surface area contributed by atoms with E-state index in [1.807, 2.05) is 12.1 Å². The zero-order chi connectivity index (χ0) is 13.5. The third kappa shape index (κ3) is 2.26. The largest absolute Gasteiger partial charge is 0.321 e. The van der Waals surface area contributed by atoms with E-state index in [9.17, 15) is 4.39 Å². The lowest BCUT2D eigenvalue weighted by atomic mass is 9.86. The van der Waals surface area contributed by atoms with Crippen LogP contribution in [-0.2, 0) is 18.4 Å². The fourth-order valence-corrected chi connectivity index (χ4v) is 3.12. The van der Waals surface area contributed by atoms with Crippen LogP contribution < -0.4 is 5.73 Å². The number of fused-ring (bicyclic) bond motifs is 1. The Kier molecular flexibility index (Phi) is 3.08. The highest BCUT2D eigenvalue weighted by Gasteiger charge is 2.34. The quantitative estimate of drug-likeness (QED) is 0.886. The van der Waals surface area contributed by atoms with Crippen LogP contribution in [0.25, 0.3) is 0 Å². The highest BCUT2D eigenvalue weighted by molar-refractivity contribution is 6.30. The minimum absolute atomic E-state index is 0.160. The Morgan fingerprint density at radius 1 is 1.21 bits per heavy atom. The van der Waals surface area contributed by atoms with Gasteiger partial charge in [0.05, 0.1) is 5.02 Å². The molecule has 3 rings (SSSR count). The molecular weight excluding hydrogens is 261 g/mol. The summed E-state index contributed by atoms with van der Waals surface area (Å²) >= 11 is 5.83. The van der Waals surface area contributed by atoms with Gasteiger partial charge in [0.1, 0.15) is 5.82 Å². The number of aryl methyl sites for hydroxylation is 1. The molecule has 1 aliphatic carbocycles. The maximum absolute atomic E-state index is 13.2. The molecule has 0 aromatic heterocycles. The van der Waals surface area contributed by atoms with E-state index < -0.39 is 0 Å². The Hall–Kier alpha value is -1.38. The van der Waals surface area contributed by atoms with Gasteiger partial charge >= 0.3 is 0 Å². The molecule has 1 aliphatic rings. The molecule has 0 radical (unpaired) electrons. The number of rotatable bonds is 2. The molecule has 2 aromatic carbocycles. The van der Waals surface area contributed by atoms with Crippen LogP contribution in [0.5, 0.6) is 0 Å². The first kappa shape index (κ1) is 12.6. The molecule has 19 heavy (non-hydrogen) atoms. The summed E-state index contributed by atoms with van der Waals surface area (Å²) in [5, 5.41) is 0.160. The molecule has 1 nitrogen and oxygen atoms in total. The van der Waals surface area contributed by atoms with Crippen molar-refractivity contribution in [3.8, 4) is 0 Å². The second-order valence-corrected chi connectivity index (χ2v) is 5.65. The summed E-state index contributed by atoms with van der Waals surface area (Å²) < 4.78 is 13.2. The van der Waals surface area contributed by atoms with Gasteiger partial charge in [0.15, 0.2) is 0 Å². The number of nitrogens with two attached hydrogens (primary N) is 1. The first-order valence-electron chi connectivity index (χ1n) is 6.40. The lowest BCUT2D eigenvalue weighted by Crippen LogP contribution is -2.36. The molecule has 98 valence electrons. The summed E-state index contributed by atoms with van der Waals surface area (Å²) in [5.41, 5.74) is 9.69. The van der Waals surface area contributed by atoms with Crippen LogP contribution in [0.15, 0.2) is 42.5 Å². The maximum Gasteiger partial charge on any atom is 0.141 e. The minimum atomic E-state index is -0.386. The highest BCUT2D eigenvalue weighted by Crippen LogP contribution is 2.37. The summed E-state index contributed by atoms with van der Waals surface area (Å²) in [7, 11) is 0. The van der Waals surface area contributed by atoms with E-state index in [2.05, 4.69) is 12.1 Å². The molecule has 0 amide bonds. The average molecular weight is 276 g/mol. The number of halogens is 2. The van der Waals surface area contributed by atoms with Crippen LogP contribution in [0.3, 0.4) is 0 Å². The molecule has 0 bridgehead atoms. The van der Waals surface area contributed by atoms with Gasteiger partial charge in [-0.2, -0.15) is 0 Å². The van der Waals surface area contributed by atoms with Crippen molar-refractivity contribution in [2.75, 3.05) is 0 Å². The predicted molar refractivity (Wildman–Crippen MR) is 75.7 cm³/mol. The van der Waals surface area contributed by atoms with E-state index >= 15 is 0 Å². The topological polar surface area (TPSA) is 26.0 Å². The van der Waals surface area contributed by atoms with Gasteiger partial charge in [0.25, 0.3) is 0 Å². The van der Waals surface area contributed by atoms with Crippen LogP contribution in [0.1, 0.15) is 23.1 Å². The Morgan fingerprint density at radius 3 is 2.79 bits per heavy atom. The van der Waals surface area contributed by atoms with Crippen molar-refractivity contribution in [2.45, 2.75) is 24.8 Å². The molecule has 0 spiro atoms. The summed E-state index contributed by atoms with van der Waals surface area (Å²) in [4.78, 5) is 0. The fourth-order valence-electron chi connectivity index (χ4n) is 2.91. The molecule has 1 atom stereocenters. The number of hydrogen-bond donors (Lipinski definition) is 1. The van der Waals surface area contributed by atoms with Crippen LogP contribution in [-0.4, -0.2) is 0 Å². The van der Waals surface area contributed by atoms with Crippen LogP contribution in [0.4, 0.5) is 4.39 Å². The number of hydrogen-bond acceptors (Lipinski definition) is 1. The van der Waals surface area contributed by atoms with Gasteiger partial charge in [0.2, 0.25) is 0 Å². The molecule has 0 fully saturated rings. The van der Waals surface area contributed by atoms with Crippen molar-refractivity contribution in [3.05, 3.63) is 70.0 Å². The van der Waals surface area contributed by atoms with Gasteiger partial charge in [-0.05, 0) is 48.1 Å². The third-order valence-corrected chi connectivity index (χ3v) is 4.19. The Bertz CT molecular complexity index is 626. The summed E-state index contributed by atoms with van der Waals surface area (Å²) in [5.74, 6) is -0.386. The average Bonchev–Trinajstić information content (AvgIpc) is 2.73. The Balaban J connectivity index is 1.93. The number of benzene rings is 2. The third-order valence-electron chi connectivity index (χ3n) is 3.90. The van der Waals surface area contributed by atoms with Crippen molar-refractivity contribution in [3.63, 3.8) is 0 Å². The molecule has 0 saturated carbocycles. The van der Waals surface area contributed by atoms with Gasteiger partial charge in [-0.3, -0.25) is 0 Å². The summed E-state index contributed by atoms with van der Waals surface area (Å²) in [6.07, 6.45) is 2.60. The molecule has 3 heteroatoms. The van der Waals surface area contributed by atoms with Gasteiger partial charge in [-0.25, -0.2) is 4.39 Å². The van der Waals surface area contributed by atoms with Crippen LogP contribution in [0.2, 0.25) is 5.02 Å². The van der Waals surface area contributed by atoms with Crippen molar-refractivity contribution in [1.82, 2.24) is 0 Å². The van der Waals surface area contributed by atoms with Crippen molar-refractivity contribution in [2.24, 2.45) is 5.73 Å². The van der Waals surface area contributed by atoms with Gasteiger partial charge in [-0.15, -0.1) is 0 Å². The maximum atomic E-state index is 13.2. The zero-order valence-corrected chi connectivity index (χ0v) is 11.3. The fraction of sp³-hybridized carbons (Fsp3) is 0.250.